The maximum absolute atomic E-state index is 13.1. The molecule has 1 aliphatic rings. The third-order valence-electron chi connectivity index (χ3n) is 5.96. The van der Waals surface area contributed by atoms with Gasteiger partial charge in [0.2, 0.25) is 10.0 Å². The summed E-state index contributed by atoms with van der Waals surface area (Å²) < 4.78 is 29.5. The maximum atomic E-state index is 13.1. The van der Waals surface area contributed by atoms with Crippen LogP contribution in [0.15, 0.2) is 65.6 Å². The van der Waals surface area contributed by atoms with Gasteiger partial charge in [0.25, 0.3) is 5.91 Å². The van der Waals surface area contributed by atoms with Crippen LogP contribution in [0, 0.1) is 6.92 Å². The van der Waals surface area contributed by atoms with E-state index in [2.05, 4.69) is 15.3 Å². The molecule has 0 unspecified atom stereocenters. The summed E-state index contributed by atoms with van der Waals surface area (Å²) in [5, 5.41) is 8.40. The Hall–Kier alpha value is -3.05. The summed E-state index contributed by atoms with van der Waals surface area (Å²) >= 11 is 1.36. The number of carbonyl (C=O) groups excluding carboxylic acids is 1. The summed E-state index contributed by atoms with van der Waals surface area (Å²) in [7, 11) is -1.64. The Balaban J connectivity index is 1.39. The van der Waals surface area contributed by atoms with Crippen molar-refractivity contribution in [3.63, 3.8) is 0 Å². The predicted molar refractivity (Wildman–Crippen MR) is 134 cm³/mol. The Bertz CT molecular complexity index is 1450. The van der Waals surface area contributed by atoms with Gasteiger partial charge < -0.3 is 10.2 Å². The number of carbonyl (C=O) groups is 1. The number of piperazine rings is 1. The van der Waals surface area contributed by atoms with Crippen LogP contribution in [0.2, 0.25) is 0 Å². The van der Waals surface area contributed by atoms with Crippen LogP contribution in [0.4, 0.5) is 5.69 Å². The summed E-state index contributed by atoms with van der Waals surface area (Å²) in [5.74, 6) is -0.283. The van der Waals surface area contributed by atoms with Crippen molar-refractivity contribution in [2.45, 2.75) is 11.8 Å². The standard InChI is InChI=1S/C24H25N5O3S2/c1-17-21-16-22(33-24(21)29(26-17)19-8-4-3-5-9-19)23(30)25-18-7-6-10-20(15-18)34(31,32)28-13-11-27(2)12-14-28/h3-10,15-16H,11-14H2,1-2H3,(H,25,30). The van der Waals surface area contributed by atoms with E-state index in [1.807, 2.05) is 55.1 Å². The van der Waals surface area contributed by atoms with Crippen molar-refractivity contribution < 1.29 is 13.2 Å². The number of hydrogen-bond donors (Lipinski definition) is 1. The number of benzene rings is 2. The third-order valence-corrected chi connectivity index (χ3v) is 8.97. The lowest BCUT2D eigenvalue weighted by Gasteiger charge is -2.31. The van der Waals surface area contributed by atoms with Crippen molar-refractivity contribution in [2.75, 3.05) is 38.5 Å². The fourth-order valence-electron chi connectivity index (χ4n) is 4.01. The number of nitrogens with one attached hydrogen (secondary N) is 1. The topological polar surface area (TPSA) is 87.5 Å². The van der Waals surface area contributed by atoms with E-state index in [9.17, 15) is 13.2 Å². The molecule has 0 saturated carbocycles. The average molecular weight is 496 g/mol. The highest BCUT2D eigenvalue weighted by molar-refractivity contribution is 7.89. The Morgan fingerprint density at radius 2 is 1.74 bits per heavy atom. The van der Waals surface area contributed by atoms with Crippen molar-refractivity contribution in [1.29, 1.82) is 0 Å². The number of para-hydroxylation sites is 1. The molecule has 4 aromatic rings. The molecular weight excluding hydrogens is 470 g/mol. The molecule has 0 aliphatic carbocycles. The smallest absolute Gasteiger partial charge is 0.265 e. The molecule has 3 heterocycles. The van der Waals surface area contributed by atoms with Crippen LogP contribution in [-0.4, -0.2) is 66.5 Å². The van der Waals surface area contributed by atoms with Gasteiger partial charge in [0.05, 0.1) is 21.2 Å². The largest absolute Gasteiger partial charge is 0.321 e. The zero-order chi connectivity index (χ0) is 23.9. The molecule has 2 aromatic carbocycles. The number of nitrogens with zero attached hydrogens (tertiary/aromatic N) is 4. The second kappa shape index (κ2) is 8.95. The Labute approximate surface area is 202 Å². The van der Waals surface area contributed by atoms with Crippen molar-refractivity contribution in [2.24, 2.45) is 0 Å². The second-order valence-corrected chi connectivity index (χ2v) is 11.3. The Morgan fingerprint density at radius 1 is 1.00 bits per heavy atom. The van der Waals surface area contributed by atoms with Crippen molar-refractivity contribution in [1.82, 2.24) is 19.0 Å². The van der Waals surface area contributed by atoms with Gasteiger partial charge in [-0.25, -0.2) is 13.1 Å². The molecule has 0 atom stereocenters. The third kappa shape index (κ3) is 4.25. The second-order valence-electron chi connectivity index (χ2n) is 8.35. The molecule has 1 aliphatic heterocycles. The van der Waals surface area contributed by atoms with E-state index in [1.54, 1.807) is 18.2 Å². The first kappa shape index (κ1) is 22.7. The molecule has 1 amide bonds. The van der Waals surface area contributed by atoms with Crippen LogP contribution in [0.1, 0.15) is 15.4 Å². The highest BCUT2D eigenvalue weighted by Gasteiger charge is 2.27. The van der Waals surface area contributed by atoms with Crippen LogP contribution in [0.5, 0.6) is 0 Å². The number of hydrogen-bond acceptors (Lipinski definition) is 6. The number of sulfonamides is 1. The van der Waals surface area contributed by atoms with Crippen molar-refractivity contribution in [3.05, 3.63) is 71.2 Å². The average Bonchev–Trinajstić information content (AvgIpc) is 3.41. The van der Waals surface area contributed by atoms with Gasteiger partial charge in [-0.2, -0.15) is 9.40 Å². The van der Waals surface area contributed by atoms with E-state index in [4.69, 9.17) is 0 Å². The molecule has 34 heavy (non-hydrogen) atoms. The van der Waals surface area contributed by atoms with Gasteiger partial charge in [-0.05, 0) is 50.4 Å². The Kier molecular flexibility index (Phi) is 5.98. The lowest BCUT2D eigenvalue weighted by atomic mass is 10.3. The zero-order valence-electron chi connectivity index (χ0n) is 18.9. The number of fused-ring (bicyclic) bond motifs is 1. The van der Waals surface area contributed by atoms with Gasteiger partial charge in [0.15, 0.2) is 0 Å². The summed E-state index contributed by atoms with van der Waals surface area (Å²) in [4.78, 5) is 16.8. The van der Waals surface area contributed by atoms with E-state index >= 15 is 0 Å². The maximum Gasteiger partial charge on any atom is 0.265 e. The van der Waals surface area contributed by atoms with E-state index in [0.29, 0.717) is 36.7 Å². The summed E-state index contributed by atoms with van der Waals surface area (Å²) in [6.45, 7) is 4.22. The van der Waals surface area contributed by atoms with Gasteiger partial charge in [-0.15, -0.1) is 11.3 Å². The molecular formula is C24H25N5O3S2. The number of amides is 1. The molecule has 1 fully saturated rings. The molecule has 10 heteroatoms. The first-order valence-corrected chi connectivity index (χ1v) is 13.2. The van der Waals surface area contributed by atoms with E-state index in [0.717, 1.165) is 21.6 Å². The highest BCUT2D eigenvalue weighted by Crippen LogP contribution is 2.31. The molecule has 1 saturated heterocycles. The number of anilines is 1. The van der Waals surface area contributed by atoms with Gasteiger partial charge in [-0.3, -0.25) is 4.79 Å². The van der Waals surface area contributed by atoms with E-state index in [1.165, 1.54) is 21.7 Å². The predicted octanol–water partition coefficient (Wildman–Crippen LogP) is 3.58. The zero-order valence-corrected chi connectivity index (χ0v) is 20.6. The van der Waals surface area contributed by atoms with Crippen LogP contribution >= 0.6 is 11.3 Å². The van der Waals surface area contributed by atoms with Gasteiger partial charge in [-0.1, -0.05) is 24.3 Å². The molecule has 1 N–H and O–H groups in total. The molecule has 176 valence electrons. The van der Waals surface area contributed by atoms with E-state index in [-0.39, 0.29) is 10.8 Å². The first-order chi connectivity index (χ1) is 16.3. The molecule has 0 bridgehead atoms. The van der Waals surface area contributed by atoms with Crippen LogP contribution in [0.25, 0.3) is 15.9 Å². The normalized spacial score (nSPS) is 15.6. The molecule has 0 spiro atoms. The molecule has 5 rings (SSSR count). The SMILES string of the molecule is Cc1nn(-c2ccccc2)c2sc(C(=O)Nc3cccc(S(=O)(=O)N4CCN(C)CC4)c3)cc12. The van der Waals surface area contributed by atoms with Crippen molar-refractivity contribution >= 4 is 43.2 Å². The van der Waals surface area contributed by atoms with E-state index < -0.39 is 10.0 Å². The minimum atomic E-state index is -3.62. The van der Waals surface area contributed by atoms with Gasteiger partial charge in [0.1, 0.15) is 4.83 Å². The Morgan fingerprint density at radius 3 is 2.47 bits per heavy atom. The fraction of sp³-hybridized carbons (Fsp3) is 0.250. The first-order valence-electron chi connectivity index (χ1n) is 11.0. The number of likely N-dealkylation sites (N-methyl/N-ethyl adjacent to an activating group) is 1. The highest BCUT2D eigenvalue weighted by atomic mass is 32.2. The number of aryl methyl sites for hydroxylation is 1. The summed E-state index contributed by atoms with van der Waals surface area (Å²) in [5.41, 5.74) is 2.21. The molecule has 0 radical (unpaired) electrons. The monoisotopic (exact) mass is 495 g/mol. The molecule has 2 aromatic heterocycles. The van der Waals surface area contributed by atoms with Crippen LogP contribution in [-0.2, 0) is 10.0 Å². The summed E-state index contributed by atoms with van der Waals surface area (Å²) in [6.07, 6.45) is 0. The van der Waals surface area contributed by atoms with Gasteiger partial charge >= 0.3 is 0 Å². The minimum absolute atomic E-state index is 0.182. The number of rotatable bonds is 5. The van der Waals surface area contributed by atoms with Crippen LogP contribution < -0.4 is 5.32 Å². The number of thiophene rings is 1. The summed E-state index contributed by atoms with van der Waals surface area (Å²) in [6, 6.07) is 18.1. The van der Waals surface area contributed by atoms with Gasteiger partial charge in [0, 0.05) is 37.3 Å². The minimum Gasteiger partial charge on any atom is -0.321 e. The quantitative estimate of drug-likeness (QED) is 0.457. The number of aromatic nitrogens is 2. The lowest BCUT2D eigenvalue weighted by molar-refractivity contribution is 0.103. The molecule has 8 nitrogen and oxygen atoms in total. The van der Waals surface area contributed by atoms with Crippen molar-refractivity contribution in [3.8, 4) is 5.69 Å². The van der Waals surface area contributed by atoms with Crippen LogP contribution in [0.3, 0.4) is 0 Å². The fourth-order valence-corrected chi connectivity index (χ4v) is 6.55. The lowest BCUT2D eigenvalue weighted by Crippen LogP contribution is -2.47.